The summed E-state index contributed by atoms with van der Waals surface area (Å²) in [5.74, 6) is -8.14. The van der Waals surface area contributed by atoms with Crippen LogP contribution in [0.2, 0.25) is 0 Å². The number of nitrogens with zero attached hydrogens (tertiary/aromatic N) is 1. The first-order valence-corrected chi connectivity index (χ1v) is 11.5. The Morgan fingerprint density at radius 1 is 0.895 bits per heavy atom. The number of rotatable bonds is 9. The summed E-state index contributed by atoms with van der Waals surface area (Å²) in [6, 6.07) is 15.0. The van der Waals surface area contributed by atoms with Gasteiger partial charge in [-0.25, -0.2) is 4.99 Å². The first-order valence-electron chi connectivity index (χ1n) is 11.5. The first kappa shape index (κ1) is 28.7. The van der Waals surface area contributed by atoms with Crippen LogP contribution >= 0.6 is 0 Å². The molecule has 0 unspecified atom stereocenters. The van der Waals surface area contributed by atoms with Gasteiger partial charge in [0.25, 0.3) is 5.91 Å². The monoisotopic (exact) mass is 543 g/mol. The highest BCUT2D eigenvalue weighted by molar-refractivity contribution is 6.19. The zero-order chi connectivity index (χ0) is 28.1. The minimum Gasteiger partial charge on any atom is -0.481 e. The fourth-order valence-corrected chi connectivity index (χ4v) is 4.07. The number of amides is 2. The summed E-state index contributed by atoms with van der Waals surface area (Å²) in [5, 5.41) is 14.2. The lowest BCUT2D eigenvalue weighted by Gasteiger charge is -2.25. The topological polar surface area (TPSA) is 108 Å². The van der Waals surface area contributed by atoms with E-state index in [1.54, 1.807) is 54.6 Å². The number of aliphatic imine (C=N–C) groups is 1. The van der Waals surface area contributed by atoms with Crippen LogP contribution < -0.4 is 10.6 Å². The van der Waals surface area contributed by atoms with Gasteiger partial charge in [0.2, 0.25) is 12.1 Å². The van der Waals surface area contributed by atoms with E-state index in [1.165, 1.54) is 0 Å². The average molecular weight is 543 g/mol. The van der Waals surface area contributed by atoms with Gasteiger partial charge in [-0.15, -0.1) is 0 Å². The number of benzodiazepines with no additional fused rings is 1. The Hall–Kier alpha value is -3.90. The second kappa shape index (κ2) is 11.7. The predicted molar refractivity (Wildman–Crippen MR) is 124 cm³/mol. The number of hydrogen-bond acceptors (Lipinski definition) is 4. The van der Waals surface area contributed by atoms with Gasteiger partial charge in [-0.3, -0.25) is 14.4 Å². The van der Waals surface area contributed by atoms with Crippen LogP contribution in [0.5, 0.6) is 0 Å². The van der Waals surface area contributed by atoms with Crippen LogP contribution in [-0.4, -0.2) is 47.1 Å². The highest BCUT2D eigenvalue weighted by Crippen LogP contribution is 2.33. The molecule has 2 aromatic carbocycles. The molecule has 1 aliphatic heterocycles. The standard InChI is InChI=1S/C25H23F6N3O4/c26-24(27,28)12-10-15(16(23(37)38)11-13-25(29,30)31)21(35)34-20-22(36)32-18-9-5-4-8-17(18)19(33-20)14-6-2-1-3-7-14/h1-9,15-16,20H,10-13H2,(H,32,36)(H,34,35)(H,37,38)/t15-,16+,20-/m1/s1. The molecule has 0 fully saturated rings. The number of benzene rings is 2. The number of alkyl halides is 6. The van der Waals surface area contributed by atoms with Crippen molar-refractivity contribution in [2.24, 2.45) is 16.8 Å². The summed E-state index contributed by atoms with van der Waals surface area (Å²) < 4.78 is 77.2. The number of halogens is 6. The predicted octanol–water partition coefficient (Wildman–Crippen LogP) is 4.92. The van der Waals surface area contributed by atoms with Crippen molar-refractivity contribution in [1.82, 2.24) is 5.32 Å². The smallest absolute Gasteiger partial charge is 0.389 e. The van der Waals surface area contributed by atoms with E-state index in [9.17, 15) is 45.8 Å². The molecule has 0 bridgehead atoms. The highest BCUT2D eigenvalue weighted by Gasteiger charge is 2.41. The van der Waals surface area contributed by atoms with Gasteiger partial charge in [0.15, 0.2) is 0 Å². The highest BCUT2D eigenvalue weighted by atomic mass is 19.4. The number of nitrogens with one attached hydrogen (secondary N) is 2. The van der Waals surface area contributed by atoms with Crippen LogP contribution in [0.15, 0.2) is 59.6 Å². The van der Waals surface area contributed by atoms with Gasteiger partial charge in [0, 0.05) is 24.0 Å². The number of carboxylic acid groups (broad SMARTS) is 1. The fraction of sp³-hybridized carbons (Fsp3) is 0.360. The lowest BCUT2D eigenvalue weighted by atomic mass is 9.84. The second-order valence-electron chi connectivity index (χ2n) is 8.65. The third-order valence-corrected chi connectivity index (χ3v) is 5.89. The summed E-state index contributed by atoms with van der Waals surface area (Å²) in [7, 11) is 0. The summed E-state index contributed by atoms with van der Waals surface area (Å²) in [4.78, 5) is 42.1. The van der Waals surface area contributed by atoms with E-state index >= 15 is 0 Å². The lowest BCUT2D eigenvalue weighted by Crippen LogP contribution is -2.47. The molecule has 2 aromatic rings. The molecule has 0 saturated carbocycles. The number of hydrogen-bond donors (Lipinski definition) is 3. The maximum absolute atomic E-state index is 13.1. The Morgan fingerprint density at radius 2 is 1.45 bits per heavy atom. The molecule has 204 valence electrons. The number of fused-ring (bicyclic) bond motifs is 1. The van der Waals surface area contributed by atoms with Crippen molar-refractivity contribution in [1.29, 1.82) is 0 Å². The Bertz CT molecular complexity index is 1200. The molecule has 3 rings (SSSR count). The van der Waals surface area contributed by atoms with Crippen LogP contribution in [0.4, 0.5) is 32.0 Å². The molecule has 0 radical (unpaired) electrons. The number of anilines is 1. The van der Waals surface area contributed by atoms with Gasteiger partial charge in [0.05, 0.1) is 23.2 Å². The van der Waals surface area contributed by atoms with Crippen molar-refractivity contribution >= 4 is 29.2 Å². The van der Waals surface area contributed by atoms with Crippen LogP contribution in [0.3, 0.4) is 0 Å². The first-order chi connectivity index (χ1) is 17.7. The van der Waals surface area contributed by atoms with Gasteiger partial charge in [-0.2, -0.15) is 26.3 Å². The molecule has 0 aromatic heterocycles. The molecule has 0 saturated heterocycles. The number of carbonyl (C=O) groups is 3. The largest absolute Gasteiger partial charge is 0.481 e. The van der Waals surface area contributed by atoms with Gasteiger partial charge >= 0.3 is 18.3 Å². The minimum absolute atomic E-state index is 0.253. The van der Waals surface area contributed by atoms with Crippen molar-refractivity contribution in [2.75, 3.05) is 5.32 Å². The molecule has 3 atom stereocenters. The van der Waals surface area contributed by atoms with Crippen molar-refractivity contribution in [2.45, 2.75) is 44.2 Å². The average Bonchev–Trinajstić information content (AvgIpc) is 2.96. The van der Waals surface area contributed by atoms with E-state index in [-0.39, 0.29) is 5.71 Å². The van der Waals surface area contributed by atoms with Gasteiger partial charge < -0.3 is 15.7 Å². The maximum Gasteiger partial charge on any atom is 0.389 e. The molecule has 1 heterocycles. The van der Waals surface area contributed by atoms with Crippen LogP contribution in [0, 0.1) is 11.8 Å². The fourth-order valence-electron chi connectivity index (χ4n) is 4.07. The molecule has 7 nitrogen and oxygen atoms in total. The number of aliphatic carboxylic acids is 1. The van der Waals surface area contributed by atoms with Crippen LogP contribution in [0.25, 0.3) is 0 Å². The molecule has 0 spiro atoms. The molecule has 3 N–H and O–H groups in total. The molecular weight excluding hydrogens is 520 g/mol. The molecule has 38 heavy (non-hydrogen) atoms. The van der Waals surface area contributed by atoms with E-state index in [4.69, 9.17) is 0 Å². The van der Waals surface area contributed by atoms with Gasteiger partial charge in [-0.1, -0.05) is 48.5 Å². The third kappa shape index (κ3) is 7.80. The molecule has 0 aliphatic carbocycles. The van der Waals surface area contributed by atoms with E-state index in [0.717, 1.165) is 0 Å². The van der Waals surface area contributed by atoms with Crippen molar-refractivity contribution in [3.8, 4) is 0 Å². The Morgan fingerprint density at radius 3 is 2.03 bits per heavy atom. The van der Waals surface area contributed by atoms with Gasteiger partial charge in [0.1, 0.15) is 0 Å². The van der Waals surface area contributed by atoms with E-state index in [0.29, 0.717) is 16.8 Å². The summed E-state index contributed by atoms with van der Waals surface area (Å²) in [5.41, 5.74) is 1.60. The van der Waals surface area contributed by atoms with E-state index in [2.05, 4.69) is 15.6 Å². The molecule has 1 aliphatic rings. The Labute approximate surface area is 212 Å². The Kier molecular flexibility index (Phi) is 8.79. The van der Waals surface area contributed by atoms with Crippen LogP contribution in [0.1, 0.15) is 36.8 Å². The lowest BCUT2D eigenvalue weighted by molar-refractivity contribution is -0.159. The van der Waals surface area contributed by atoms with Crippen molar-refractivity contribution < 1.29 is 45.8 Å². The Balaban J connectivity index is 1.96. The zero-order valence-corrected chi connectivity index (χ0v) is 19.6. The third-order valence-electron chi connectivity index (χ3n) is 5.89. The number of para-hydroxylation sites is 1. The minimum atomic E-state index is -4.80. The molecular formula is C25H23F6N3O4. The normalized spacial score (nSPS) is 17.4. The summed E-state index contributed by atoms with van der Waals surface area (Å²) >= 11 is 0. The second-order valence-corrected chi connectivity index (χ2v) is 8.65. The van der Waals surface area contributed by atoms with Crippen LogP contribution in [-0.2, 0) is 14.4 Å². The van der Waals surface area contributed by atoms with E-state index < -0.39 is 73.8 Å². The van der Waals surface area contributed by atoms with Crippen molar-refractivity contribution in [3.63, 3.8) is 0 Å². The quantitative estimate of drug-likeness (QED) is 0.390. The van der Waals surface area contributed by atoms with E-state index in [1.807, 2.05) is 0 Å². The SMILES string of the molecule is O=C1Nc2ccccc2C(c2ccccc2)=N[C@@H]1NC(=O)[C@H](CCC(F)(F)F)[C@H](CCC(F)(F)F)C(=O)O. The zero-order valence-electron chi connectivity index (χ0n) is 19.6. The number of carboxylic acids is 1. The maximum atomic E-state index is 13.1. The molecule has 2 amide bonds. The molecule has 13 heteroatoms. The number of carbonyl (C=O) groups excluding carboxylic acids is 2. The van der Waals surface area contributed by atoms with Gasteiger partial charge in [-0.05, 0) is 18.9 Å². The van der Waals surface area contributed by atoms with Crippen molar-refractivity contribution in [3.05, 3.63) is 65.7 Å². The summed E-state index contributed by atoms with van der Waals surface area (Å²) in [6.07, 6.45) is -16.7. The summed E-state index contributed by atoms with van der Waals surface area (Å²) in [6.45, 7) is 0.